The van der Waals surface area contributed by atoms with Gasteiger partial charge in [0.1, 0.15) is 6.07 Å². The summed E-state index contributed by atoms with van der Waals surface area (Å²) >= 11 is 5.99. The van der Waals surface area contributed by atoms with Crippen LogP contribution in [0.5, 0.6) is 0 Å². The zero-order chi connectivity index (χ0) is 16.1. The molecular formula is C18H15ClN4. The van der Waals surface area contributed by atoms with Crippen molar-refractivity contribution in [2.24, 2.45) is 0 Å². The van der Waals surface area contributed by atoms with Crippen molar-refractivity contribution in [3.05, 3.63) is 82.9 Å². The second kappa shape index (κ2) is 6.99. The molecule has 0 bridgehead atoms. The van der Waals surface area contributed by atoms with E-state index in [1.807, 2.05) is 10.8 Å². The smallest absolute Gasteiger partial charge is 0.101 e. The van der Waals surface area contributed by atoms with Gasteiger partial charge in [-0.15, -0.1) is 0 Å². The van der Waals surface area contributed by atoms with Crippen LogP contribution in [0.25, 0.3) is 0 Å². The first kappa shape index (κ1) is 15.1. The molecule has 0 spiro atoms. The fourth-order valence-corrected chi connectivity index (χ4v) is 2.48. The number of hydrogen-bond donors (Lipinski definition) is 1. The van der Waals surface area contributed by atoms with Gasteiger partial charge in [0, 0.05) is 30.5 Å². The van der Waals surface area contributed by atoms with E-state index in [2.05, 4.69) is 40.6 Å². The summed E-state index contributed by atoms with van der Waals surface area (Å²) in [6.07, 6.45) is 5.52. The molecule has 0 saturated carbocycles. The van der Waals surface area contributed by atoms with Gasteiger partial charge in [0.2, 0.25) is 0 Å². The number of rotatable bonds is 5. The number of halogens is 1. The molecule has 0 saturated heterocycles. The highest BCUT2D eigenvalue weighted by Crippen LogP contribution is 2.21. The van der Waals surface area contributed by atoms with Crippen molar-refractivity contribution in [3.8, 4) is 6.07 Å². The molecule has 1 N–H and O–H groups in total. The second-order valence-electron chi connectivity index (χ2n) is 5.21. The molecule has 0 fully saturated rings. The molecule has 2 aromatic carbocycles. The van der Waals surface area contributed by atoms with Crippen LogP contribution < -0.4 is 5.32 Å². The molecule has 0 amide bonds. The van der Waals surface area contributed by atoms with Crippen LogP contribution >= 0.6 is 11.6 Å². The molecular weight excluding hydrogens is 308 g/mol. The molecule has 0 aliphatic heterocycles. The number of aromatic nitrogens is 2. The zero-order valence-corrected chi connectivity index (χ0v) is 13.2. The van der Waals surface area contributed by atoms with Crippen molar-refractivity contribution < 1.29 is 0 Å². The SMILES string of the molecule is N#Cc1ccc(Cl)cc1NCc1ccc(Cn2ccnc2)cc1. The van der Waals surface area contributed by atoms with Gasteiger partial charge in [0.25, 0.3) is 0 Å². The Morgan fingerprint density at radius 3 is 2.61 bits per heavy atom. The molecule has 0 atom stereocenters. The van der Waals surface area contributed by atoms with E-state index in [0.717, 1.165) is 17.8 Å². The predicted molar refractivity (Wildman–Crippen MR) is 91.3 cm³/mol. The summed E-state index contributed by atoms with van der Waals surface area (Å²) in [5.41, 5.74) is 3.70. The Bertz CT molecular complexity index is 817. The maximum absolute atomic E-state index is 9.12. The van der Waals surface area contributed by atoms with E-state index < -0.39 is 0 Å². The lowest BCUT2D eigenvalue weighted by atomic mass is 10.1. The van der Waals surface area contributed by atoms with Gasteiger partial charge in [-0.05, 0) is 29.3 Å². The van der Waals surface area contributed by atoms with Crippen LogP contribution in [0, 0.1) is 11.3 Å². The van der Waals surface area contributed by atoms with Crippen LogP contribution in [-0.4, -0.2) is 9.55 Å². The molecule has 1 heterocycles. The Balaban J connectivity index is 1.65. The summed E-state index contributed by atoms with van der Waals surface area (Å²) in [7, 11) is 0. The number of anilines is 1. The van der Waals surface area contributed by atoms with Gasteiger partial charge in [-0.2, -0.15) is 5.26 Å². The van der Waals surface area contributed by atoms with E-state index in [-0.39, 0.29) is 0 Å². The first-order valence-corrected chi connectivity index (χ1v) is 7.59. The Hall–Kier alpha value is -2.77. The predicted octanol–water partition coefficient (Wildman–Crippen LogP) is 4.07. The van der Waals surface area contributed by atoms with Crippen LogP contribution in [0.15, 0.2) is 61.2 Å². The van der Waals surface area contributed by atoms with Crippen molar-refractivity contribution in [2.45, 2.75) is 13.1 Å². The van der Waals surface area contributed by atoms with E-state index in [4.69, 9.17) is 16.9 Å². The summed E-state index contributed by atoms with van der Waals surface area (Å²) in [6.45, 7) is 1.45. The van der Waals surface area contributed by atoms with Crippen molar-refractivity contribution in [2.75, 3.05) is 5.32 Å². The summed E-state index contributed by atoms with van der Waals surface area (Å²) in [4.78, 5) is 4.04. The van der Waals surface area contributed by atoms with Gasteiger partial charge >= 0.3 is 0 Å². The van der Waals surface area contributed by atoms with Crippen LogP contribution in [0.2, 0.25) is 5.02 Å². The quantitative estimate of drug-likeness (QED) is 0.770. The van der Waals surface area contributed by atoms with Crippen LogP contribution in [0.1, 0.15) is 16.7 Å². The largest absolute Gasteiger partial charge is 0.380 e. The lowest BCUT2D eigenvalue weighted by molar-refractivity contribution is 0.797. The summed E-state index contributed by atoms with van der Waals surface area (Å²) in [5.74, 6) is 0. The highest BCUT2D eigenvalue weighted by atomic mass is 35.5. The third-order valence-electron chi connectivity index (χ3n) is 3.53. The van der Waals surface area contributed by atoms with Crippen molar-refractivity contribution >= 4 is 17.3 Å². The van der Waals surface area contributed by atoms with Gasteiger partial charge in [0.05, 0.1) is 17.6 Å². The molecule has 0 unspecified atom stereocenters. The number of nitrogens with zero attached hydrogens (tertiary/aromatic N) is 3. The van der Waals surface area contributed by atoms with Gasteiger partial charge < -0.3 is 9.88 Å². The van der Waals surface area contributed by atoms with E-state index >= 15 is 0 Å². The highest BCUT2D eigenvalue weighted by Gasteiger charge is 2.03. The molecule has 3 rings (SSSR count). The number of nitrogens with one attached hydrogen (secondary N) is 1. The molecule has 114 valence electrons. The van der Waals surface area contributed by atoms with Gasteiger partial charge in [-0.25, -0.2) is 4.98 Å². The highest BCUT2D eigenvalue weighted by molar-refractivity contribution is 6.30. The number of imidazole rings is 1. The Kier molecular flexibility index (Phi) is 4.60. The average Bonchev–Trinajstić information content (AvgIpc) is 3.07. The molecule has 0 aliphatic carbocycles. The minimum atomic E-state index is 0.589. The minimum absolute atomic E-state index is 0.589. The first-order valence-electron chi connectivity index (χ1n) is 7.22. The lowest BCUT2D eigenvalue weighted by Crippen LogP contribution is -2.02. The molecule has 0 radical (unpaired) electrons. The molecule has 23 heavy (non-hydrogen) atoms. The minimum Gasteiger partial charge on any atom is -0.380 e. The lowest BCUT2D eigenvalue weighted by Gasteiger charge is -2.10. The monoisotopic (exact) mass is 322 g/mol. The molecule has 3 aromatic rings. The number of hydrogen-bond acceptors (Lipinski definition) is 3. The summed E-state index contributed by atoms with van der Waals surface area (Å²) < 4.78 is 2.03. The molecule has 5 heteroatoms. The Morgan fingerprint density at radius 2 is 1.91 bits per heavy atom. The van der Waals surface area contributed by atoms with Gasteiger partial charge in [-0.1, -0.05) is 35.9 Å². The first-order chi connectivity index (χ1) is 11.2. The van der Waals surface area contributed by atoms with Crippen molar-refractivity contribution in [3.63, 3.8) is 0 Å². The molecule has 0 aliphatic rings. The summed E-state index contributed by atoms with van der Waals surface area (Å²) in [5, 5.41) is 13.0. The summed E-state index contributed by atoms with van der Waals surface area (Å²) in [6, 6.07) is 15.7. The number of nitriles is 1. The molecule has 4 nitrogen and oxygen atoms in total. The van der Waals surface area contributed by atoms with Crippen LogP contribution in [-0.2, 0) is 13.1 Å². The standard InChI is InChI=1S/C18H15ClN4/c19-17-6-5-16(10-20)18(9-17)22-11-14-1-3-15(4-2-14)12-23-8-7-21-13-23/h1-9,13,22H,11-12H2. The molecule has 1 aromatic heterocycles. The third kappa shape index (κ3) is 3.91. The van der Waals surface area contributed by atoms with E-state index in [1.165, 1.54) is 5.56 Å². The maximum Gasteiger partial charge on any atom is 0.101 e. The van der Waals surface area contributed by atoms with Gasteiger partial charge in [-0.3, -0.25) is 0 Å². The normalized spacial score (nSPS) is 10.3. The third-order valence-corrected chi connectivity index (χ3v) is 3.77. The zero-order valence-electron chi connectivity index (χ0n) is 12.4. The fourth-order valence-electron chi connectivity index (χ4n) is 2.31. The topological polar surface area (TPSA) is 53.6 Å². The Labute approximate surface area is 140 Å². The average molecular weight is 323 g/mol. The van der Waals surface area contributed by atoms with Crippen molar-refractivity contribution in [1.29, 1.82) is 5.26 Å². The van der Waals surface area contributed by atoms with Crippen LogP contribution in [0.3, 0.4) is 0 Å². The number of benzene rings is 2. The fraction of sp³-hybridized carbons (Fsp3) is 0.111. The Morgan fingerprint density at radius 1 is 1.13 bits per heavy atom. The van der Waals surface area contributed by atoms with E-state index in [0.29, 0.717) is 17.1 Å². The van der Waals surface area contributed by atoms with E-state index in [1.54, 1.807) is 30.7 Å². The van der Waals surface area contributed by atoms with E-state index in [9.17, 15) is 0 Å². The van der Waals surface area contributed by atoms with Crippen LogP contribution in [0.4, 0.5) is 5.69 Å². The second-order valence-corrected chi connectivity index (χ2v) is 5.64. The van der Waals surface area contributed by atoms with Gasteiger partial charge in [0.15, 0.2) is 0 Å². The van der Waals surface area contributed by atoms with Crippen molar-refractivity contribution in [1.82, 2.24) is 9.55 Å². The maximum atomic E-state index is 9.12.